The Kier molecular flexibility index (Phi) is 6.44. The number of aryl methyl sites for hydroxylation is 2. The van der Waals surface area contributed by atoms with E-state index in [4.69, 9.17) is 4.74 Å². The lowest BCUT2D eigenvalue weighted by Crippen LogP contribution is -2.48. The predicted octanol–water partition coefficient (Wildman–Crippen LogP) is 2.27. The highest BCUT2D eigenvalue weighted by Gasteiger charge is 2.36. The normalized spacial score (nSPS) is 19.8. The summed E-state index contributed by atoms with van der Waals surface area (Å²) in [4.78, 5) is 26.5. The molecule has 0 saturated carbocycles. The summed E-state index contributed by atoms with van der Waals surface area (Å²) in [5.41, 5.74) is 2.27. The van der Waals surface area contributed by atoms with Gasteiger partial charge in [0.25, 0.3) is 5.91 Å². The molecule has 1 aromatic rings. The second kappa shape index (κ2) is 8.20. The molecule has 1 aromatic carbocycles. The summed E-state index contributed by atoms with van der Waals surface area (Å²) in [7, 11) is -3.10. The van der Waals surface area contributed by atoms with Gasteiger partial charge in [0, 0.05) is 12.1 Å². The molecule has 0 N–H and O–H groups in total. The van der Waals surface area contributed by atoms with Gasteiger partial charge in [-0.15, -0.1) is 0 Å². The van der Waals surface area contributed by atoms with Crippen molar-refractivity contribution in [2.24, 2.45) is 0 Å². The summed E-state index contributed by atoms with van der Waals surface area (Å²) >= 11 is 0. The van der Waals surface area contributed by atoms with Gasteiger partial charge in [-0.2, -0.15) is 0 Å². The zero-order valence-electron chi connectivity index (χ0n) is 15.8. The van der Waals surface area contributed by atoms with E-state index in [1.807, 2.05) is 39.8 Å². The van der Waals surface area contributed by atoms with Crippen molar-refractivity contribution in [3.05, 3.63) is 34.9 Å². The van der Waals surface area contributed by atoms with Gasteiger partial charge < -0.3 is 9.64 Å². The molecule has 6 nitrogen and oxygen atoms in total. The highest BCUT2D eigenvalue weighted by molar-refractivity contribution is 7.91. The molecule has 0 aliphatic carbocycles. The minimum absolute atomic E-state index is 0.0197. The third kappa shape index (κ3) is 4.84. The van der Waals surface area contributed by atoms with E-state index in [1.165, 1.54) is 0 Å². The third-order valence-corrected chi connectivity index (χ3v) is 6.63. The number of hydrogen-bond acceptors (Lipinski definition) is 5. The van der Waals surface area contributed by atoms with Crippen LogP contribution in [0.2, 0.25) is 0 Å². The first-order valence-electron chi connectivity index (χ1n) is 8.90. The van der Waals surface area contributed by atoms with Crippen molar-refractivity contribution < 1.29 is 22.7 Å². The van der Waals surface area contributed by atoms with Crippen LogP contribution in [0.1, 0.15) is 48.2 Å². The number of nitrogens with zero attached hydrogens (tertiary/aromatic N) is 1. The van der Waals surface area contributed by atoms with Crippen LogP contribution in [0, 0.1) is 13.8 Å². The second-order valence-corrected chi connectivity index (χ2v) is 9.24. The number of benzene rings is 1. The Hall–Kier alpha value is -1.89. The van der Waals surface area contributed by atoms with Crippen molar-refractivity contribution in [2.45, 2.75) is 52.6 Å². The molecular weight excluding hydrogens is 354 g/mol. The van der Waals surface area contributed by atoms with E-state index in [2.05, 4.69) is 0 Å². The number of hydrogen-bond donors (Lipinski definition) is 0. The van der Waals surface area contributed by atoms with Gasteiger partial charge >= 0.3 is 5.97 Å². The Bertz CT molecular complexity index is 787. The Morgan fingerprint density at radius 2 is 2.00 bits per heavy atom. The van der Waals surface area contributed by atoms with Gasteiger partial charge in [-0.3, -0.25) is 4.79 Å². The number of rotatable bonds is 6. The Balaban J connectivity index is 2.06. The molecule has 2 atom stereocenters. The molecule has 1 fully saturated rings. The third-order valence-electron chi connectivity index (χ3n) is 4.88. The van der Waals surface area contributed by atoms with Crippen LogP contribution >= 0.6 is 0 Å². The summed E-state index contributed by atoms with van der Waals surface area (Å²) < 4.78 is 28.8. The van der Waals surface area contributed by atoms with E-state index in [0.717, 1.165) is 11.1 Å². The van der Waals surface area contributed by atoms with Crippen LogP contribution in [0.25, 0.3) is 0 Å². The lowest BCUT2D eigenvalue weighted by atomic mass is 10.1. The van der Waals surface area contributed by atoms with Crippen LogP contribution in [-0.2, 0) is 19.4 Å². The topological polar surface area (TPSA) is 80.8 Å². The Labute approximate surface area is 155 Å². The van der Waals surface area contributed by atoms with E-state index in [-0.39, 0.29) is 36.1 Å². The molecular formula is C19H27NO5S. The van der Waals surface area contributed by atoms with Crippen molar-refractivity contribution in [3.8, 4) is 0 Å². The van der Waals surface area contributed by atoms with Gasteiger partial charge in [0.15, 0.2) is 16.4 Å². The number of ether oxygens (including phenoxy) is 1. The van der Waals surface area contributed by atoms with E-state index in [1.54, 1.807) is 11.0 Å². The Morgan fingerprint density at radius 1 is 1.31 bits per heavy atom. The maximum absolute atomic E-state index is 12.7. The van der Waals surface area contributed by atoms with Crippen LogP contribution in [0.15, 0.2) is 18.2 Å². The number of carbonyl (C=O) groups excluding carboxylic acids is 2. The molecule has 2 rings (SSSR count). The van der Waals surface area contributed by atoms with Crippen molar-refractivity contribution in [1.82, 2.24) is 4.90 Å². The molecule has 1 heterocycles. The molecule has 2 unspecified atom stereocenters. The highest BCUT2D eigenvalue weighted by Crippen LogP contribution is 2.21. The average Bonchev–Trinajstić information content (AvgIpc) is 2.92. The maximum Gasteiger partial charge on any atom is 0.338 e. The van der Waals surface area contributed by atoms with Crippen molar-refractivity contribution in [3.63, 3.8) is 0 Å². The van der Waals surface area contributed by atoms with Crippen LogP contribution in [0.5, 0.6) is 0 Å². The quantitative estimate of drug-likeness (QED) is 0.706. The highest BCUT2D eigenvalue weighted by atomic mass is 32.2. The lowest BCUT2D eigenvalue weighted by Gasteiger charge is -2.33. The molecule has 26 heavy (non-hydrogen) atoms. The monoisotopic (exact) mass is 381 g/mol. The van der Waals surface area contributed by atoms with E-state index in [0.29, 0.717) is 18.4 Å². The molecule has 0 spiro atoms. The summed E-state index contributed by atoms with van der Waals surface area (Å²) in [6.45, 7) is 7.20. The minimum atomic E-state index is -3.10. The molecule has 7 heteroatoms. The molecule has 0 radical (unpaired) electrons. The van der Waals surface area contributed by atoms with Crippen molar-refractivity contribution in [2.75, 3.05) is 18.1 Å². The molecule has 0 aromatic heterocycles. The van der Waals surface area contributed by atoms with Crippen molar-refractivity contribution in [1.29, 1.82) is 0 Å². The van der Waals surface area contributed by atoms with Gasteiger partial charge in [0.2, 0.25) is 0 Å². The van der Waals surface area contributed by atoms with Gasteiger partial charge in [-0.1, -0.05) is 24.6 Å². The van der Waals surface area contributed by atoms with Crippen LogP contribution in [-0.4, -0.2) is 55.4 Å². The van der Waals surface area contributed by atoms with Gasteiger partial charge in [0.05, 0.1) is 17.1 Å². The van der Waals surface area contributed by atoms with Gasteiger partial charge in [0.1, 0.15) is 0 Å². The fraction of sp³-hybridized carbons (Fsp3) is 0.579. The SMILES string of the molecule is CCC(C)N(C(=O)COC(=O)c1ccc(C)cc1C)C1CCS(=O)(=O)C1. The molecule has 1 aliphatic heterocycles. The first kappa shape index (κ1) is 20.4. The maximum atomic E-state index is 12.7. The molecule has 144 valence electrons. The standard InChI is InChI=1S/C19H27NO5S/c1-5-15(4)20(16-8-9-26(23,24)12-16)18(21)11-25-19(22)17-7-6-13(2)10-14(17)3/h6-7,10,15-16H,5,8-9,11-12H2,1-4H3. The number of sulfone groups is 1. The largest absolute Gasteiger partial charge is 0.452 e. The summed E-state index contributed by atoms with van der Waals surface area (Å²) in [5, 5.41) is 0. The van der Waals surface area contributed by atoms with Gasteiger partial charge in [-0.25, -0.2) is 13.2 Å². The number of carbonyl (C=O) groups is 2. The lowest BCUT2D eigenvalue weighted by molar-refractivity contribution is -0.138. The number of amides is 1. The molecule has 1 amide bonds. The predicted molar refractivity (Wildman–Crippen MR) is 99.9 cm³/mol. The first-order chi connectivity index (χ1) is 12.1. The van der Waals surface area contributed by atoms with E-state index in [9.17, 15) is 18.0 Å². The fourth-order valence-corrected chi connectivity index (χ4v) is 5.03. The zero-order chi connectivity index (χ0) is 19.5. The fourth-order valence-electron chi connectivity index (χ4n) is 3.32. The summed E-state index contributed by atoms with van der Waals surface area (Å²) in [5.74, 6) is -0.813. The van der Waals surface area contributed by atoms with Crippen molar-refractivity contribution >= 4 is 21.7 Å². The molecule has 1 aliphatic rings. The van der Waals surface area contributed by atoms with Crippen LogP contribution in [0.4, 0.5) is 0 Å². The van der Waals surface area contributed by atoms with E-state index >= 15 is 0 Å². The molecule has 0 bridgehead atoms. The van der Waals surface area contributed by atoms with Crippen LogP contribution < -0.4 is 0 Å². The molecule has 1 saturated heterocycles. The summed E-state index contributed by atoms with van der Waals surface area (Å²) in [6, 6.07) is 4.93. The average molecular weight is 381 g/mol. The first-order valence-corrected chi connectivity index (χ1v) is 10.7. The second-order valence-electron chi connectivity index (χ2n) is 7.01. The zero-order valence-corrected chi connectivity index (χ0v) is 16.6. The minimum Gasteiger partial charge on any atom is -0.452 e. The van der Waals surface area contributed by atoms with E-state index < -0.39 is 15.8 Å². The Morgan fingerprint density at radius 3 is 2.54 bits per heavy atom. The smallest absolute Gasteiger partial charge is 0.338 e. The van der Waals surface area contributed by atoms with Gasteiger partial charge in [-0.05, 0) is 45.2 Å². The van der Waals surface area contributed by atoms with Crippen LogP contribution in [0.3, 0.4) is 0 Å². The number of esters is 1. The summed E-state index contributed by atoms with van der Waals surface area (Å²) in [6.07, 6.45) is 1.14.